The molecule has 29 heavy (non-hydrogen) atoms. The molecular weight excluding hydrogens is 368 g/mol. The van der Waals surface area contributed by atoms with Crippen LogP contribution in [0.25, 0.3) is 0 Å². The second kappa shape index (κ2) is 8.06. The zero-order valence-corrected chi connectivity index (χ0v) is 15.9. The number of fused-ring (bicyclic) bond motifs is 1. The molecule has 0 saturated carbocycles. The zero-order valence-electron chi connectivity index (χ0n) is 15.9. The first-order valence-corrected chi connectivity index (χ1v) is 9.28. The van der Waals surface area contributed by atoms with Crippen LogP contribution in [0.4, 0.5) is 11.4 Å². The number of carbonyl (C=O) groups excluding carboxylic acids is 2. The van der Waals surface area contributed by atoms with E-state index in [1.807, 2.05) is 31.2 Å². The van der Waals surface area contributed by atoms with Gasteiger partial charge in [-0.1, -0.05) is 18.2 Å². The van der Waals surface area contributed by atoms with E-state index in [2.05, 4.69) is 10.6 Å². The second-order valence-corrected chi connectivity index (χ2v) is 6.66. The first-order valence-electron chi connectivity index (χ1n) is 9.28. The summed E-state index contributed by atoms with van der Waals surface area (Å²) in [7, 11) is 0. The molecule has 6 heteroatoms. The van der Waals surface area contributed by atoms with Gasteiger partial charge in [0.15, 0.2) is 11.5 Å². The van der Waals surface area contributed by atoms with Crippen LogP contribution in [0.1, 0.15) is 26.3 Å². The summed E-state index contributed by atoms with van der Waals surface area (Å²) in [5, 5.41) is 5.76. The monoisotopic (exact) mass is 388 g/mol. The summed E-state index contributed by atoms with van der Waals surface area (Å²) in [4.78, 5) is 24.9. The van der Waals surface area contributed by atoms with Crippen LogP contribution in [0, 0.1) is 6.92 Å². The first kappa shape index (κ1) is 18.6. The van der Waals surface area contributed by atoms with Crippen molar-refractivity contribution in [3.8, 4) is 11.5 Å². The van der Waals surface area contributed by atoms with Crippen LogP contribution < -0.4 is 20.1 Å². The smallest absolute Gasteiger partial charge is 0.255 e. The highest BCUT2D eigenvalue weighted by Crippen LogP contribution is 2.31. The maximum atomic E-state index is 12.6. The standard InChI is InChI=1S/C23H20N2O4/c1-15-13-18(8-9-19(15)25-22(26)16-5-3-2-4-6-16)24-23(27)17-7-10-20-21(14-17)29-12-11-28-20/h2-10,13-14H,11-12H2,1H3,(H,24,27)(H,25,26). The molecule has 0 radical (unpaired) electrons. The zero-order chi connectivity index (χ0) is 20.2. The highest BCUT2D eigenvalue weighted by Gasteiger charge is 2.15. The summed E-state index contributed by atoms with van der Waals surface area (Å²) < 4.78 is 11.0. The Labute approximate surface area is 168 Å². The van der Waals surface area contributed by atoms with Crippen molar-refractivity contribution in [2.75, 3.05) is 23.8 Å². The minimum absolute atomic E-state index is 0.179. The van der Waals surface area contributed by atoms with E-state index < -0.39 is 0 Å². The summed E-state index contributed by atoms with van der Waals surface area (Å²) in [6.07, 6.45) is 0. The summed E-state index contributed by atoms with van der Waals surface area (Å²) in [5.41, 5.74) is 3.24. The fourth-order valence-electron chi connectivity index (χ4n) is 3.05. The first-order chi connectivity index (χ1) is 14.1. The van der Waals surface area contributed by atoms with Crippen LogP contribution >= 0.6 is 0 Å². The number of hydrogen-bond donors (Lipinski definition) is 2. The largest absolute Gasteiger partial charge is 0.486 e. The molecule has 0 spiro atoms. The average Bonchev–Trinajstić information content (AvgIpc) is 2.75. The molecule has 3 aromatic carbocycles. The van der Waals surface area contributed by atoms with Crippen molar-refractivity contribution < 1.29 is 19.1 Å². The fraction of sp³-hybridized carbons (Fsp3) is 0.130. The SMILES string of the molecule is Cc1cc(NC(=O)c2ccc3c(c2)OCCO3)ccc1NC(=O)c1ccccc1. The Bertz CT molecular complexity index is 1060. The third-order valence-electron chi connectivity index (χ3n) is 4.57. The van der Waals surface area contributed by atoms with Crippen molar-refractivity contribution in [1.29, 1.82) is 0 Å². The maximum absolute atomic E-state index is 12.6. The molecule has 1 heterocycles. The topological polar surface area (TPSA) is 76.7 Å². The van der Waals surface area contributed by atoms with Gasteiger partial charge in [0, 0.05) is 22.5 Å². The molecular formula is C23H20N2O4. The molecule has 0 aromatic heterocycles. The lowest BCUT2D eigenvalue weighted by molar-refractivity contribution is 0.101. The Morgan fingerprint density at radius 1 is 0.759 bits per heavy atom. The van der Waals surface area contributed by atoms with E-state index in [0.29, 0.717) is 47.2 Å². The van der Waals surface area contributed by atoms with Gasteiger partial charge in [0.25, 0.3) is 11.8 Å². The minimum atomic E-state index is -0.248. The minimum Gasteiger partial charge on any atom is -0.486 e. The van der Waals surface area contributed by atoms with Crippen LogP contribution in [0.5, 0.6) is 11.5 Å². The Balaban J connectivity index is 1.45. The molecule has 0 unspecified atom stereocenters. The third kappa shape index (κ3) is 4.21. The molecule has 0 bridgehead atoms. The van der Waals surface area contributed by atoms with Gasteiger partial charge in [-0.05, 0) is 61.0 Å². The van der Waals surface area contributed by atoms with E-state index in [0.717, 1.165) is 5.56 Å². The molecule has 2 N–H and O–H groups in total. The lowest BCUT2D eigenvalue weighted by Gasteiger charge is -2.18. The van der Waals surface area contributed by atoms with E-state index in [1.165, 1.54) is 0 Å². The van der Waals surface area contributed by atoms with Crippen molar-refractivity contribution in [1.82, 2.24) is 0 Å². The number of benzene rings is 3. The molecule has 0 saturated heterocycles. The van der Waals surface area contributed by atoms with Gasteiger partial charge in [-0.25, -0.2) is 0 Å². The van der Waals surface area contributed by atoms with Crippen LogP contribution in [-0.2, 0) is 0 Å². The number of nitrogens with one attached hydrogen (secondary N) is 2. The number of amides is 2. The lowest BCUT2D eigenvalue weighted by Crippen LogP contribution is -2.17. The number of aryl methyl sites for hydroxylation is 1. The molecule has 0 fully saturated rings. The van der Waals surface area contributed by atoms with E-state index in [4.69, 9.17) is 9.47 Å². The molecule has 6 nitrogen and oxygen atoms in total. The van der Waals surface area contributed by atoms with Crippen LogP contribution in [0.15, 0.2) is 66.7 Å². The van der Waals surface area contributed by atoms with E-state index in [9.17, 15) is 9.59 Å². The van der Waals surface area contributed by atoms with Gasteiger partial charge < -0.3 is 20.1 Å². The molecule has 146 valence electrons. The quantitative estimate of drug-likeness (QED) is 0.700. The second-order valence-electron chi connectivity index (χ2n) is 6.66. The summed E-state index contributed by atoms with van der Waals surface area (Å²) in [5.74, 6) is 0.783. The molecule has 1 aliphatic rings. The van der Waals surface area contributed by atoms with Crippen molar-refractivity contribution in [3.05, 3.63) is 83.4 Å². The number of ether oxygens (including phenoxy) is 2. The maximum Gasteiger partial charge on any atom is 0.255 e. The van der Waals surface area contributed by atoms with E-state index in [-0.39, 0.29) is 11.8 Å². The Morgan fingerprint density at radius 2 is 1.48 bits per heavy atom. The Kier molecular flexibility index (Phi) is 5.16. The molecule has 1 aliphatic heterocycles. The average molecular weight is 388 g/mol. The highest BCUT2D eigenvalue weighted by atomic mass is 16.6. The van der Waals surface area contributed by atoms with Crippen LogP contribution in [-0.4, -0.2) is 25.0 Å². The van der Waals surface area contributed by atoms with E-state index in [1.54, 1.807) is 42.5 Å². The van der Waals surface area contributed by atoms with Crippen LogP contribution in [0.2, 0.25) is 0 Å². The van der Waals surface area contributed by atoms with Crippen molar-refractivity contribution in [2.45, 2.75) is 6.92 Å². The summed E-state index contributed by atoms with van der Waals surface area (Å²) >= 11 is 0. The molecule has 0 atom stereocenters. The van der Waals surface area contributed by atoms with E-state index >= 15 is 0 Å². The molecule has 0 aliphatic carbocycles. The predicted molar refractivity (Wildman–Crippen MR) is 111 cm³/mol. The summed E-state index contributed by atoms with van der Waals surface area (Å²) in [6.45, 7) is 2.85. The third-order valence-corrected chi connectivity index (χ3v) is 4.57. The van der Waals surface area contributed by atoms with Gasteiger partial charge >= 0.3 is 0 Å². The molecule has 4 rings (SSSR count). The Morgan fingerprint density at radius 3 is 2.24 bits per heavy atom. The van der Waals surface area contributed by atoms with Gasteiger partial charge in [-0.15, -0.1) is 0 Å². The van der Waals surface area contributed by atoms with Crippen molar-refractivity contribution in [2.24, 2.45) is 0 Å². The van der Waals surface area contributed by atoms with Crippen molar-refractivity contribution >= 4 is 23.2 Å². The van der Waals surface area contributed by atoms with Crippen LogP contribution in [0.3, 0.4) is 0 Å². The number of anilines is 2. The van der Waals surface area contributed by atoms with Gasteiger partial charge in [-0.2, -0.15) is 0 Å². The summed E-state index contributed by atoms with van der Waals surface area (Å²) in [6, 6.07) is 19.5. The number of hydrogen-bond acceptors (Lipinski definition) is 4. The fourth-order valence-corrected chi connectivity index (χ4v) is 3.05. The normalized spacial score (nSPS) is 12.2. The Hall–Kier alpha value is -3.80. The molecule has 2 amide bonds. The number of carbonyl (C=O) groups is 2. The van der Waals surface area contributed by atoms with Crippen molar-refractivity contribution in [3.63, 3.8) is 0 Å². The van der Waals surface area contributed by atoms with Gasteiger partial charge in [0.1, 0.15) is 13.2 Å². The number of rotatable bonds is 4. The molecule has 3 aromatic rings. The van der Waals surface area contributed by atoms with Gasteiger partial charge in [0.05, 0.1) is 0 Å². The lowest BCUT2D eigenvalue weighted by atomic mass is 10.1. The highest BCUT2D eigenvalue weighted by molar-refractivity contribution is 6.06. The van der Waals surface area contributed by atoms with Gasteiger partial charge in [0.2, 0.25) is 0 Å². The van der Waals surface area contributed by atoms with Gasteiger partial charge in [-0.3, -0.25) is 9.59 Å². The predicted octanol–water partition coefficient (Wildman–Crippen LogP) is 4.27.